The number of nitrogens with zero attached hydrogens (tertiary/aromatic N) is 1. The highest BCUT2D eigenvalue weighted by atomic mass is 15.4. The minimum atomic E-state index is 0.333. The molecule has 0 spiro atoms. The molecule has 1 fully saturated rings. The van der Waals surface area contributed by atoms with Crippen LogP contribution in [0.15, 0.2) is 0 Å². The topological polar surface area (TPSA) is 53.3 Å². The molecule has 0 aliphatic carbocycles. The molecule has 1 aliphatic heterocycles. The Morgan fingerprint density at radius 2 is 1.46 bits per heavy atom. The Morgan fingerprint density at radius 1 is 1.08 bits per heavy atom. The molecule has 0 saturated carbocycles. The smallest absolute Gasteiger partial charge is 0.0505 e. The van der Waals surface area contributed by atoms with Gasteiger partial charge in [-0.05, 0) is 19.9 Å². The summed E-state index contributed by atoms with van der Waals surface area (Å²) in [6, 6.07) is 0.977. The van der Waals surface area contributed by atoms with Gasteiger partial charge in [-0.2, -0.15) is 0 Å². The van der Waals surface area contributed by atoms with E-state index in [0.29, 0.717) is 12.1 Å². The van der Waals surface area contributed by atoms with Crippen molar-refractivity contribution in [3.05, 3.63) is 0 Å². The molecule has 4 nitrogen and oxygen atoms in total. The second kappa shape index (κ2) is 7.26. The Balaban J connectivity index is 0.000000310. The summed E-state index contributed by atoms with van der Waals surface area (Å²) in [4.78, 5) is 2.34. The lowest BCUT2D eigenvalue weighted by Gasteiger charge is -2.31. The minimum absolute atomic E-state index is 0.333. The van der Waals surface area contributed by atoms with E-state index < -0.39 is 0 Å². The third-order valence-corrected chi connectivity index (χ3v) is 1.61. The molecule has 0 aromatic rings. The molecular formula is C9H24N4. The molecule has 0 aromatic carbocycles. The zero-order chi connectivity index (χ0) is 10.3. The van der Waals surface area contributed by atoms with Gasteiger partial charge in [0, 0.05) is 12.7 Å². The van der Waals surface area contributed by atoms with Crippen LogP contribution in [0.3, 0.4) is 0 Å². The lowest BCUT2D eigenvalue weighted by molar-refractivity contribution is 0.153. The van der Waals surface area contributed by atoms with E-state index in [1.54, 1.807) is 0 Å². The molecule has 0 aromatic heterocycles. The van der Waals surface area contributed by atoms with Gasteiger partial charge in [0.1, 0.15) is 0 Å². The van der Waals surface area contributed by atoms with E-state index in [4.69, 9.17) is 5.73 Å². The second-order valence-corrected chi connectivity index (χ2v) is 3.92. The zero-order valence-corrected chi connectivity index (χ0v) is 9.30. The molecule has 1 heterocycles. The third-order valence-electron chi connectivity index (χ3n) is 1.61. The highest BCUT2D eigenvalue weighted by molar-refractivity contribution is 4.63. The Hall–Kier alpha value is -0.160. The molecule has 0 atom stereocenters. The van der Waals surface area contributed by atoms with Crippen LogP contribution in [-0.2, 0) is 0 Å². The Morgan fingerprint density at radius 3 is 1.69 bits per heavy atom. The van der Waals surface area contributed by atoms with E-state index in [9.17, 15) is 0 Å². The van der Waals surface area contributed by atoms with Crippen LogP contribution in [0.5, 0.6) is 0 Å². The quantitative estimate of drug-likeness (QED) is 0.547. The van der Waals surface area contributed by atoms with E-state index in [1.807, 2.05) is 13.8 Å². The van der Waals surface area contributed by atoms with Crippen LogP contribution in [0.1, 0.15) is 27.7 Å². The van der Waals surface area contributed by atoms with Crippen molar-refractivity contribution in [1.82, 2.24) is 15.5 Å². The summed E-state index contributed by atoms with van der Waals surface area (Å²) >= 11 is 0. The van der Waals surface area contributed by atoms with E-state index in [-0.39, 0.29) is 0 Å². The molecule has 1 saturated heterocycles. The zero-order valence-electron chi connectivity index (χ0n) is 9.30. The fraction of sp³-hybridized carbons (Fsp3) is 1.00. The summed E-state index contributed by atoms with van der Waals surface area (Å²) in [7, 11) is 0. The molecule has 0 amide bonds. The summed E-state index contributed by atoms with van der Waals surface area (Å²) in [5, 5.41) is 6.46. The van der Waals surface area contributed by atoms with Crippen LogP contribution < -0.4 is 16.4 Å². The highest BCUT2D eigenvalue weighted by Crippen LogP contribution is 1.94. The van der Waals surface area contributed by atoms with Crippen molar-refractivity contribution < 1.29 is 0 Å². The summed E-state index contributed by atoms with van der Waals surface area (Å²) in [6.07, 6.45) is 0. The molecule has 4 heteroatoms. The van der Waals surface area contributed by atoms with Gasteiger partial charge in [-0.25, -0.2) is 0 Å². The third kappa shape index (κ3) is 8.18. The number of rotatable bonds is 1. The van der Waals surface area contributed by atoms with Crippen molar-refractivity contribution in [1.29, 1.82) is 0 Å². The van der Waals surface area contributed by atoms with Crippen LogP contribution >= 0.6 is 0 Å². The van der Waals surface area contributed by atoms with E-state index >= 15 is 0 Å². The van der Waals surface area contributed by atoms with Crippen LogP contribution in [0.25, 0.3) is 0 Å². The van der Waals surface area contributed by atoms with Crippen molar-refractivity contribution in [2.24, 2.45) is 5.73 Å². The van der Waals surface area contributed by atoms with E-state index in [1.165, 1.54) is 0 Å². The Labute approximate surface area is 81.9 Å². The maximum absolute atomic E-state index is 5.11. The number of nitrogens with two attached hydrogens (primary N) is 1. The predicted molar refractivity (Wildman–Crippen MR) is 57.2 cm³/mol. The Kier molecular flexibility index (Phi) is 7.17. The Bertz CT molecular complexity index is 105. The molecule has 13 heavy (non-hydrogen) atoms. The van der Waals surface area contributed by atoms with Gasteiger partial charge in [0.2, 0.25) is 0 Å². The number of hydrogen-bond donors (Lipinski definition) is 3. The monoisotopic (exact) mass is 188 g/mol. The van der Waals surface area contributed by atoms with Crippen LogP contribution in [0.4, 0.5) is 0 Å². The first kappa shape index (κ1) is 12.8. The standard InChI is InChI=1S/C6H15N3.C3H9N/c1-6(2)9-4-7-3-8-5-9;1-3(2)4/h6-8H,3-5H2,1-2H3;3H,4H2,1-2H3. The highest BCUT2D eigenvalue weighted by Gasteiger charge is 2.10. The minimum Gasteiger partial charge on any atom is -0.328 e. The van der Waals surface area contributed by atoms with E-state index in [0.717, 1.165) is 20.0 Å². The van der Waals surface area contributed by atoms with Crippen LogP contribution in [0, 0.1) is 0 Å². The second-order valence-electron chi connectivity index (χ2n) is 3.92. The van der Waals surface area contributed by atoms with Gasteiger partial charge in [-0.1, -0.05) is 13.8 Å². The first-order valence-electron chi connectivity index (χ1n) is 4.95. The van der Waals surface area contributed by atoms with Crippen molar-refractivity contribution >= 4 is 0 Å². The van der Waals surface area contributed by atoms with Gasteiger partial charge in [0.05, 0.1) is 13.3 Å². The molecule has 4 N–H and O–H groups in total. The lowest BCUT2D eigenvalue weighted by Crippen LogP contribution is -2.52. The van der Waals surface area contributed by atoms with Crippen molar-refractivity contribution in [3.63, 3.8) is 0 Å². The van der Waals surface area contributed by atoms with Gasteiger partial charge in [-0.3, -0.25) is 15.5 Å². The average Bonchev–Trinajstić information content (AvgIpc) is 2.05. The van der Waals surface area contributed by atoms with Gasteiger partial charge in [-0.15, -0.1) is 0 Å². The van der Waals surface area contributed by atoms with E-state index in [2.05, 4.69) is 29.4 Å². The van der Waals surface area contributed by atoms with Crippen LogP contribution in [0.2, 0.25) is 0 Å². The fourth-order valence-corrected chi connectivity index (χ4v) is 0.908. The van der Waals surface area contributed by atoms with Crippen molar-refractivity contribution in [3.8, 4) is 0 Å². The molecule has 80 valence electrons. The molecular weight excluding hydrogens is 164 g/mol. The summed E-state index contributed by atoms with van der Waals surface area (Å²) in [5.74, 6) is 0. The number of nitrogens with one attached hydrogen (secondary N) is 2. The van der Waals surface area contributed by atoms with Gasteiger partial charge in [0.15, 0.2) is 0 Å². The average molecular weight is 188 g/mol. The number of hydrogen-bond acceptors (Lipinski definition) is 4. The molecule has 0 bridgehead atoms. The normalized spacial score (nSPS) is 18.7. The largest absolute Gasteiger partial charge is 0.328 e. The first-order chi connectivity index (χ1) is 6.04. The first-order valence-corrected chi connectivity index (χ1v) is 4.95. The van der Waals surface area contributed by atoms with Crippen LogP contribution in [-0.4, -0.2) is 37.0 Å². The van der Waals surface area contributed by atoms with Crippen molar-refractivity contribution in [2.45, 2.75) is 39.8 Å². The fourth-order valence-electron chi connectivity index (χ4n) is 0.908. The summed E-state index contributed by atoms with van der Waals surface area (Å²) in [6.45, 7) is 11.3. The SMILES string of the molecule is CC(C)N.CC(C)N1CNCNC1. The molecule has 0 unspecified atom stereocenters. The van der Waals surface area contributed by atoms with Gasteiger partial charge in [0.25, 0.3) is 0 Å². The maximum atomic E-state index is 5.11. The molecule has 1 aliphatic rings. The predicted octanol–water partition coefficient (Wildman–Crippen LogP) is 0.116. The van der Waals surface area contributed by atoms with Crippen molar-refractivity contribution in [2.75, 3.05) is 20.0 Å². The summed E-state index contributed by atoms with van der Waals surface area (Å²) in [5.41, 5.74) is 5.11. The molecule has 1 rings (SSSR count). The maximum Gasteiger partial charge on any atom is 0.0505 e. The lowest BCUT2D eigenvalue weighted by atomic mass is 10.3. The molecule has 0 radical (unpaired) electrons. The van der Waals surface area contributed by atoms with Gasteiger partial charge < -0.3 is 5.73 Å². The summed E-state index contributed by atoms with van der Waals surface area (Å²) < 4.78 is 0. The van der Waals surface area contributed by atoms with Gasteiger partial charge >= 0.3 is 0 Å².